The molecule has 1 aromatic rings. The van der Waals surface area contributed by atoms with Gasteiger partial charge in [0.15, 0.2) is 0 Å². The molecule has 16 heavy (non-hydrogen) atoms. The highest BCUT2D eigenvalue weighted by molar-refractivity contribution is 5.93. The number of anilines is 2. The van der Waals surface area contributed by atoms with Crippen molar-refractivity contribution in [3.05, 3.63) is 31.2 Å². The first-order chi connectivity index (χ1) is 7.75. The van der Waals surface area contributed by atoms with E-state index >= 15 is 0 Å². The number of benzene rings is 1. The number of ether oxygens (including phenoxy) is 1. The molecule has 85 valence electrons. The lowest BCUT2D eigenvalue weighted by molar-refractivity contribution is -0.112. The Bertz CT molecular complexity index is 356. The van der Waals surface area contributed by atoms with E-state index in [0.717, 1.165) is 37.7 Å². The fraction of sp³-hybridized carbons (Fsp3) is 0.333. The second-order valence-corrected chi connectivity index (χ2v) is 3.69. The maximum atomic E-state index is 10.8. The number of carbonyl (C=O) groups excluding carboxylic acids is 1. The van der Waals surface area contributed by atoms with E-state index < -0.39 is 0 Å². The van der Waals surface area contributed by atoms with Gasteiger partial charge in [-0.25, -0.2) is 0 Å². The van der Waals surface area contributed by atoms with Gasteiger partial charge in [0.05, 0.1) is 13.2 Å². The van der Waals surface area contributed by atoms with E-state index in [1.165, 1.54) is 0 Å². The molecule has 1 aliphatic rings. The Balaban J connectivity index is 2.03. The normalized spacial score (nSPS) is 15.9. The molecule has 4 nitrogen and oxygen atoms in total. The minimum Gasteiger partial charge on any atom is -0.378 e. The van der Waals surface area contributed by atoms with Crippen LogP contribution in [0.3, 0.4) is 0 Å². The van der Waals surface area contributed by atoms with Gasteiger partial charge in [0, 0.05) is 31.4 Å². The summed E-state index contributed by atoms with van der Waals surface area (Å²) in [7, 11) is 0. The van der Waals surface area contributed by atoms with Gasteiger partial charge in [-0.3, -0.25) is 4.79 Å². The molecule has 1 saturated heterocycles. The molecule has 4 heteroatoms. The summed E-state index contributed by atoms with van der Waals surface area (Å²) in [6.07, 6.45) is 0. The van der Waals surface area contributed by atoms with Crippen LogP contribution in [0.4, 0.5) is 11.4 Å². The number of hydrogen-bond donors (Lipinski definition) is 1. The van der Waals surface area contributed by atoms with E-state index in [-0.39, 0.29) is 5.91 Å². The summed E-state index contributed by atoms with van der Waals surface area (Å²) >= 11 is 0. The molecule has 0 spiro atoms. The largest absolute Gasteiger partial charge is 0.378 e. The molecule has 1 heterocycles. The summed E-state index contributed by atoms with van der Waals surface area (Å²) < 4.78 is 5.29. The number of rotatable bonds is 2. The van der Waals surface area contributed by atoms with Crippen LogP contribution in [0, 0.1) is 6.92 Å². The third-order valence-electron chi connectivity index (χ3n) is 2.53. The number of nitrogens with one attached hydrogen (secondary N) is 1. The van der Waals surface area contributed by atoms with E-state index in [1.54, 1.807) is 0 Å². The molecule has 1 fully saturated rings. The van der Waals surface area contributed by atoms with Crippen LogP contribution < -0.4 is 10.2 Å². The number of hydrogen-bond acceptors (Lipinski definition) is 3. The van der Waals surface area contributed by atoms with Gasteiger partial charge < -0.3 is 15.0 Å². The predicted octanol–water partition coefficient (Wildman–Crippen LogP) is 1.30. The fourth-order valence-corrected chi connectivity index (χ4v) is 1.74. The Kier molecular flexibility index (Phi) is 3.41. The van der Waals surface area contributed by atoms with Crippen molar-refractivity contribution in [1.82, 2.24) is 0 Å². The molecule has 0 atom stereocenters. The number of amides is 1. The summed E-state index contributed by atoms with van der Waals surface area (Å²) in [5.74, 6) is -0.292. The maximum Gasteiger partial charge on any atom is 0.224 e. The third kappa shape index (κ3) is 2.73. The van der Waals surface area contributed by atoms with Gasteiger partial charge in [0.2, 0.25) is 5.91 Å². The molecule has 1 radical (unpaired) electrons. The molecule has 0 unspecified atom stereocenters. The van der Waals surface area contributed by atoms with Gasteiger partial charge in [-0.1, -0.05) is 0 Å². The molecule has 0 aliphatic carbocycles. The van der Waals surface area contributed by atoms with Crippen molar-refractivity contribution in [2.75, 3.05) is 36.5 Å². The SMILES string of the molecule is [CH2]C(=O)Nc1ccc(N2CCOCC2)cc1. The summed E-state index contributed by atoms with van der Waals surface area (Å²) in [5.41, 5.74) is 1.93. The Hall–Kier alpha value is -1.55. The Morgan fingerprint density at radius 3 is 2.44 bits per heavy atom. The first-order valence-corrected chi connectivity index (χ1v) is 5.31. The van der Waals surface area contributed by atoms with Crippen LogP contribution in [0.15, 0.2) is 24.3 Å². The lowest BCUT2D eigenvalue weighted by Crippen LogP contribution is -2.36. The minimum atomic E-state index is -0.292. The van der Waals surface area contributed by atoms with Crippen molar-refractivity contribution in [3.63, 3.8) is 0 Å². The van der Waals surface area contributed by atoms with Gasteiger partial charge >= 0.3 is 0 Å². The molecular weight excluding hydrogens is 204 g/mol. The zero-order valence-corrected chi connectivity index (χ0v) is 9.11. The smallest absolute Gasteiger partial charge is 0.224 e. The molecule has 1 aromatic carbocycles. The summed E-state index contributed by atoms with van der Waals surface area (Å²) in [4.78, 5) is 13.0. The minimum absolute atomic E-state index is 0.292. The van der Waals surface area contributed by atoms with E-state index in [4.69, 9.17) is 4.74 Å². The lowest BCUT2D eigenvalue weighted by Gasteiger charge is -2.28. The number of morpholine rings is 1. The van der Waals surface area contributed by atoms with Gasteiger partial charge in [0.1, 0.15) is 0 Å². The fourth-order valence-electron chi connectivity index (χ4n) is 1.74. The number of carbonyl (C=O) groups is 1. The first-order valence-electron chi connectivity index (χ1n) is 5.31. The standard InChI is InChI=1S/C12H15N2O2/c1-10(15)13-11-2-4-12(5-3-11)14-6-8-16-9-7-14/h2-5H,1,6-9H2,(H,13,15). The van der Waals surface area contributed by atoms with Gasteiger partial charge in [0.25, 0.3) is 0 Å². The van der Waals surface area contributed by atoms with Crippen molar-refractivity contribution < 1.29 is 9.53 Å². The van der Waals surface area contributed by atoms with Crippen molar-refractivity contribution in [2.24, 2.45) is 0 Å². The van der Waals surface area contributed by atoms with Crippen LogP contribution >= 0.6 is 0 Å². The Morgan fingerprint density at radius 2 is 1.88 bits per heavy atom. The Morgan fingerprint density at radius 1 is 1.25 bits per heavy atom. The van der Waals surface area contributed by atoms with Crippen LogP contribution in [0.2, 0.25) is 0 Å². The topological polar surface area (TPSA) is 41.6 Å². The van der Waals surface area contributed by atoms with Crippen molar-refractivity contribution in [2.45, 2.75) is 0 Å². The average Bonchev–Trinajstić information content (AvgIpc) is 2.30. The molecule has 2 rings (SSSR count). The average molecular weight is 219 g/mol. The molecule has 0 saturated carbocycles. The van der Waals surface area contributed by atoms with Gasteiger partial charge in [-0.15, -0.1) is 0 Å². The van der Waals surface area contributed by atoms with Crippen LogP contribution in [0.5, 0.6) is 0 Å². The highest BCUT2D eigenvalue weighted by Gasteiger charge is 2.10. The molecule has 1 N–H and O–H groups in total. The summed E-state index contributed by atoms with van der Waals surface area (Å²) in [5, 5.41) is 2.64. The zero-order valence-electron chi connectivity index (χ0n) is 9.11. The van der Waals surface area contributed by atoms with Crippen LogP contribution in [0.25, 0.3) is 0 Å². The van der Waals surface area contributed by atoms with Crippen molar-refractivity contribution in [1.29, 1.82) is 0 Å². The van der Waals surface area contributed by atoms with E-state index in [1.807, 2.05) is 24.3 Å². The van der Waals surface area contributed by atoms with Crippen LogP contribution in [-0.2, 0) is 9.53 Å². The van der Waals surface area contributed by atoms with Crippen LogP contribution in [0.1, 0.15) is 0 Å². The van der Waals surface area contributed by atoms with Crippen molar-refractivity contribution in [3.8, 4) is 0 Å². The molecule has 0 aromatic heterocycles. The third-order valence-corrected chi connectivity index (χ3v) is 2.53. The van der Waals surface area contributed by atoms with Gasteiger partial charge in [-0.2, -0.15) is 0 Å². The predicted molar refractivity (Wildman–Crippen MR) is 63.5 cm³/mol. The van der Waals surface area contributed by atoms with Crippen LogP contribution in [-0.4, -0.2) is 32.2 Å². The van der Waals surface area contributed by atoms with E-state index in [0.29, 0.717) is 0 Å². The quantitative estimate of drug-likeness (QED) is 0.815. The summed E-state index contributed by atoms with van der Waals surface area (Å²) in [6.45, 7) is 6.65. The highest BCUT2D eigenvalue weighted by atomic mass is 16.5. The molecule has 1 amide bonds. The molecular formula is C12H15N2O2. The molecule has 1 aliphatic heterocycles. The number of nitrogens with zero attached hydrogens (tertiary/aromatic N) is 1. The van der Waals surface area contributed by atoms with Crippen molar-refractivity contribution >= 4 is 17.3 Å². The lowest BCUT2D eigenvalue weighted by atomic mass is 10.2. The zero-order chi connectivity index (χ0) is 11.4. The second-order valence-electron chi connectivity index (χ2n) is 3.69. The van der Waals surface area contributed by atoms with Gasteiger partial charge in [-0.05, 0) is 24.3 Å². The van der Waals surface area contributed by atoms with E-state index in [2.05, 4.69) is 17.1 Å². The molecule has 0 bridgehead atoms. The van der Waals surface area contributed by atoms with E-state index in [9.17, 15) is 4.79 Å². The summed E-state index contributed by atoms with van der Waals surface area (Å²) in [6, 6.07) is 7.76. The monoisotopic (exact) mass is 219 g/mol. The second kappa shape index (κ2) is 4.99. The first kappa shape index (κ1) is 11.0. The Labute approximate surface area is 95.2 Å². The maximum absolute atomic E-state index is 10.8. The highest BCUT2D eigenvalue weighted by Crippen LogP contribution is 2.18.